The summed E-state index contributed by atoms with van der Waals surface area (Å²) in [5.41, 5.74) is 6.52. The van der Waals surface area contributed by atoms with Gasteiger partial charge in [0.1, 0.15) is 6.17 Å². The van der Waals surface area contributed by atoms with Crippen molar-refractivity contribution >= 4 is 23.3 Å². The summed E-state index contributed by atoms with van der Waals surface area (Å²) < 4.78 is 10.4. The Balaban J connectivity index is 2.34. The summed E-state index contributed by atoms with van der Waals surface area (Å²) in [6.07, 6.45) is -0.321. The second-order valence-corrected chi connectivity index (χ2v) is 4.04. The molecule has 0 aliphatic carbocycles. The minimum Gasteiger partial charge on any atom is -0.493 e. The maximum atomic E-state index is 5.63. The van der Waals surface area contributed by atoms with Crippen molar-refractivity contribution in [2.45, 2.75) is 6.17 Å². The second-order valence-electron chi connectivity index (χ2n) is 3.63. The van der Waals surface area contributed by atoms with Gasteiger partial charge >= 0.3 is 0 Å². The molecule has 7 heteroatoms. The minimum atomic E-state index is -0.321. The van der Waals surface area contributed by atoms with Gasteiger partial charge in [-0.25, -0.2) is 4.99 Å². The molecule has 0 spiro atoms. The fourth-order valence-electron chi connectivity index (χ4n) is 1.66. The van der Waals surface area contributed by atoms with E-state index in [9.17, 15) is 0 Å². The standard InChI is InChI=1S/C11H14N4O2S/c1-16-7-4-3-6(5-8(7)17-2)9-13-10(12)15-11(18)14-9/h3-5,9H,1-2H3,(H4,12,13,14,15,18)/t9-/m0/s1. The fraction of sp³-hybridized carbons (Fsp3) is 0.273. The molecule has 4 N–H and O–H groups in total. The van der Waals surface area contributed by atoms with E-state index in [2.05, 4.69) is 15.6 Å². The molecular weight excluding hydrogens is 252 g/mol. The van der Waals surface area contributed by atoms with E-state index in [1.54, 1.807) is 14.2 Å². The van der Waals surface area contributed by atoms with Crippen LogP contribution in [0.2, 0.25) is 0 Å². The zero-order valence-corrected chi connectivity index (χ0v) is 10.9. The Morgan fingerprint density at radius 1 is 1.28 bits per heavy atom. The lowest BCUT2D eigenvalue weighted by molar-refractivity contribution is 0.354. The number of methoxy groups -OCH3 is 2. The highest BCUT2D eigenvalue weighted by Gasteiger charge is 2.18. The third kappa shape index (κ3) is 2.45. The summed E-state index contributed by atoms with van der Waals surface area (Å²) >= 11 is 5.03. The molecular formula is C11H14N4O2S. The Hall–Kier alpha value is -2.02. The molecule has 18 heavy (non-hydrogen) atoms. The van der Waals surface area contributed by atoms with Crippen molar-refractivity contribution in [3.8, 4) is 11.5 Å². The van der Waals surface area contributed by atoms with E-state index in [-0.39, 0.29) is 6.17 Å². The van der Waals surface area contributed by atoms with Crippen molar-refractivity contribution in [3.05, 3.63) is 23.8 Å². The molecule has 1 aliphatic rings. The smallest absolute Gasteiger partial charge is 0.197 e. The molecule has 0 fully saturated rings. The molecule has 0 bridgehead atoms. The van der Waals surface area contributed by atoms with Gasteiger partial charge in [0.2, 0.25) is 0 Å². The lowest BCUT2D eigenvalue weighted by Gasteiger charge is -2.23. The van der Waals surface area contributed by atoms with Gasteiger partial charge in [-0.2, -0.15) is 0 Å². The van der Waals surface area contributed by atoms with Crippen LogP contribution in [0.15, 0.2) is 23.2 Å². The average molecular weight is 266 g/mol. The van der Waals surface area contributed by atoms with E-state index in [0.717, 1.165) is 5.56 Å². The Labute approximate surface area is 110 Å². The Kier molecular flexibility index (Phi) is 3.52. The van der Waals surface area contributed by atoms with Crippen molar-refractivity contribution in [2.24, 2.45) is 10.7 Å². The van der Waals surface area contributed by atoms with Crippen LogP contribution in [0.1, 0.15) is 11.7 Å². The van der Waals surface area contributed by atoms with Crippen LogP contribution in [0.25, 0.3) is 0 Å². The monoisotopic (exact) mass is 266 g/mol. The number of aliphatic imine (C=N–C) groups is 1. The van der Waals surface area contributed by atoms with Gasteiger partial charge in [0.05, 0.1) is 14.2 Å². The predicted molar refractivity (Wildman–Crippen MR) is 72.8 cm³/mol. The maximum absolute atomic E-state index is 5.63. The second kappa shape index (κ2) is 5.09. The number of nitrogens with two attached hydrogens (primary N) is 1. The van der Waals surface area contributed by atoms with Crippen LogP contribution in [0.4, 0.5) is 0 Å². The van der Waals surface area contributed by atoms with E-state index in [4.69, 9.17) is 27.4 Å². The summed E-state index contributed by atoms with van der Waals surface area (Å²) in [6.45, 7) is 0. The van der Waals surface area contributed by atoms with Crippen LogP contribution in [0, 0.1) is 0 Å². The summed E-state index contributed by atoms with van der Waals surface area (Å²) in [5.74, 6) is 1.59. The van der Waals surface area contributed by atoms with E-state index in [1.165, 1.54) is 0 Å². The number of hydrogen-bond donors (Lipinski definition) is 3. The van der Waals surface area contributed by atoms with Crippen LogP contribution < -0.4 is 25.8 Å². The predicted octanol–water partition coefficient (Wildman–Crippen LogP) is 0.495. The largest absolute Gasteiger partial charge is 0.493 e. The van der Waals surface area contributed by atoms with E-state index < -0.39 is 0 Å². The van der Waals surface area contributed by atoms with Crippen molar-refractivity contribution in [3.63, 3.8) is 0 Å². The zero-order chi connectivity index (χ0) is 13.1. The van der Waals surface area contributed by atoms with Gasteiger partial charge in [0.25, 0.3) is 0 Å². The lowest BCUT2D eigenvalue weighted by Crippen LogP contribution is -2.49. The number of benzene rings is 1. The lowest BCUT2D eigenvalue weighted by atomic mass is 10.1. The first kappa shape index (κ1) is 12.4. The number of nitrogens with zero attached hydrogens (tertiary/aromatic N) is 1. The van der Waals surface area contributed by atoms with Crippen LogP contribution in [-0.2, 0) is 0 Å². The molecule has 0 unspecified atom stereocenters. The van der Waals surface area contributed by atoms with Gasteiger partial charge in [-0.1, -0.05) is 6.07 Å². The first-order valence-corrected chi connectivity index (χ1v) is 5.67. The highest BCUT2D eigenvalue weighted by atomic mass is 32.1. The van der Waals surface area contributed by atoms with Gasteiger partial charge in [0, 0.05) is 5.56 Å². The minimum absolute atomic E-state index is 0.290. The molecule has 96 valence electrons. The molecule has 1 aliphatic heterocycles. The van der Waals surface area contributed by atoms with Crippen molar-refractivity contribution in [1.82, 2.24) is 10.6 Å². The first-order valence-electron chi connectivity index (χ1n) is 5.26. The average Bonchev–Trinajstić information content (AvgIpc) is 2.36. The molecule has 1 aromatic carbocycles. The van der Waals surface area contributed by atoms with Crippen LogP contribution in [0.5, 0.6) is 11.5 Å². The summed E-state index contributed by atoms with van der Waals surface area (Å²) in [6, 6.07) is 5.53. The number of ether oxygens (including phenoxy) is 2. The number of guanidine groups is 1. The molecule has 0 amide bonds. The summed E-state index contributed by atoms with van der Waals surface area (Å²) in [5, 5.41) is 6.18. The Morgan fingerprint density at radius 3 is 2.61 bits per heavy atom. The number of hydrogen-bond acceptors (Lipinski definition) is 5. The third-order valence-electron chi connectivity index (χ3n) is 2.50. The first-order chi connectivity index (χ1) is 8.63. The van der Waals surface area contributed by atoms with Crippen LogP contribution in [0.3, 0.4) is 0 Å². The quantitative estimate of drug-likeness (QED) is 0.691. The number of thiocarbonyl (C=S) groups is 1. The molecule has 0 aromatic heterocycles. The SMILES string of the molecule is COc1ccc([C@H]2N=C(N)NC(=S)N2)cc1OC. The topological polar surface area (TPSA) is 80.9 Å². The molecule has 1 heterocycles. The van der Waals surface area contributed by atoms with Gasteiger partial charge in [-0.15, -0.1) is 0 Å². The molecule has 2 rings (SSSR count). The molecule has 1 aromatic rings. The van der Waals surface area contributed by atoms with Crippen LogP contribution in [-0.4, -0.2) is 25.3 Å². The van der Waals surface area contributed by atoms with Gasteiger partial charge < -0.3 is 25.8 Å². The van der Waals surface area contributed by atoms with E-state index in [0.29, 0.717) is 22.6 Å². The zero-order valence-electron chi connectivity index (χ0n) is 10.1. The molecule has 0 saturated carbocycles. The Bertz CT molecular complexity index is 504. The third-order valence-corrected chi connectivity index (χ3v) is 2.72. The van der Waals surface area contributed by atoms with Crippen LogP contribution >= 0.6 is 12.2 Å². The fourth-order valence-corrected chi connectivity index (χ4v) is 1.88. The normalized spacial score (nSPS) is 18.4. The van der Waals surface area contributed by atoms with Crippen molar-refractivity contribution < 1.29 is 9.47 Å². The number of rotatable bonds is 3. The maximum Gasteiger partial charge on any atom is 0.197 e. The molecule has 0 radical (unpaired) electrons. The van der Waals surface area contributed by atoms with Gasteiger partial charge in [-0.3, -0.25) is 0 Å². The van der Waals surface area contributed by atoms with Gasteiger partial charge in [0.15, 0.2) is 22.6 Å². The van der Waals surface area contributed by atoms with E-state index in [1.807, 2.05) is 18.2 Å². The number of nitrogens with one attached hydrogen (secondary N) is 2. The highest BCUT2D eigenvalue weighted by Crippen LogP contribution is 2.30. The van der Waals surface area contributed by atoms with Crippen molar-refractivity contribution in [2.75, 3.05) is 14.2 Å². The van der Waals surface area contributed by atoms with E-state index >= 15 is 0 Å². The van der Waals surface area contributed by atoms with Crippen molar-refractivity contribution in [1.29, 1.82) is 0 Å². The summed E-state index contributed by atoms with van der Waals surface area (Å²) in [7, 11) is 3.17. The van der Waals surface area contributed by atoms with Gasteiger partial charge in [-0.05, 0) is 24.4 Å². The molecule has 1 atom stereocenters. The highest BCUT2D eigenvalue weighted by molar-refractivity contribution is 7.80. The molecule has 0 saturated heterocycles. The Morgan fingerprint density at radius 2 is 2.00 bits per heavy atom. The summed E-state index contributed by atoms with van der Waals surface area (Å²) in [4.78, 5) is 4.22. The molecule has 6 nitrogen and oxygen atoms in total.